The summed E-state index contributed by atoms with van der Waals surface area (Å²) in [6.45, 7) is 4.44. The number of ether oxygens (including phenoxy) is 2. The average molecular weight is 394 g/mol. The molecule has 0 N–H and O–H groups in total. The first-order valence-electron chi connectivity index (χ1n) is 11.3. The van der Waals surface area contributed by atoms with Gasteiger partial charge in [0.2, 0.25) is 0 Å². The number of ketones is 1. The second-order valence-corrected chi connectivity index (χ2v) is 8.90. The number of hydrogen-bond donors (Lipinski definition) is 0. The molecule has 0 radical (unpaired) electrons. The summed E-state index contributed by atoms with van der Waals surface area (Å²) in [6.07, 6.45) is 9.84. The lowest BCUT2D eigenvalue weighted by Crippen LogP contribution is -2.46. The van der Waals surface area contributed by atoms with E-state index in [2.05, 4.69) is 10.9 Å². The summed E-state index contributed by atoms with van der Waals surface area (Å²) in [5, 5.41) is 9.14. The lowest BCUT2D eigenvalue weighted by atomic mass is 9.41. The second-order valence-electron chi connectivity index (χ2n) is 8.90. The first-order valence-corrected chi connectivity index (χ1v) is 11.3. The Hall–Kier alpha value is -2.00. The van der Waals surface area contributed by atoms with E-state index in [4.69, 9.17) is 14.7 Å². The smallest absolute Gasteiger partial charge is 0.268 e. The molecule has 1 aromatic rings. The molecular weight excluding hydrogens is 363 g/mol. The molecule has 2 saturated heterocycles. The van der Waals surface area contributed by atoms with Gasteiger partial charge in [-0.3, -0.25) is 4.79 Å². The average Bonchev–Trinajstić information content (AvgIpc) is 2.74. The van der Waals surface area contributed by atoms with Crippen LogP contribution in [0.15, 0.2) is 18.2 Å². The summed E-state index contributed by atoms with van der Waals surface area (Å²) in [4.78, 5) is 15.2. The highest BCUT2D eigenvalue weighted by Crippen LogP contribution is 2.43. The lowest BCUT2D eigenvalue weighted by molar-refractivity contribution is 0.0317. The van der Waals surface area contributed by atoms with Crippen molar-refractivity contribution in [3.63, 3.8) is 0 Å². The van der Waals surface area contributed by atoms with Crippen molar-refractivity contribution in [1.29, 1.82) is 5.26 Å². The molecule has 3 aliphatic heterocycles. The number of rotatable bonds is 6. The number of carbonyl (C=O) groups excluding carboxylic acids is 1. The number of unbranched alkanes of at least 4 members (excludes halogenated alkanes) is 1. The summed E-state index contributed by atoms with van der Waals surface area (Å²) in [6, 6.07) is 5.61. The molecule has 0 unspecified atom stereocenters. The van der Waals surface area contributed by atoms with E-state index >= 15 is 0 Å². The van der Waals surface area contributed by atoms with E-state index in [0.29, 0.717) is 24.3 Å². The number of benzene rings is 1. The topological polar surface area (TPSA) is 62.6 Å². The molecule has 1 spiro atoms. The second kappa shape index (κ2) is 9.22. The number of fused-ring (bicyclic) bond motifs is 1. The van der Waals surface area contributed by atoms with Gasteiger partial charge in [-0.2, -0.15) is 0 Å². The van der Waals surface area contributed by atoms with Gasteiger partial charge in [0.25, 0.3) is 6.71 Å². The molecule has 0 aliphatic carbocycles. The van der Waals surface area contributed by atoms with Gasteiger partial charge >= 0.3 is 0 Å². The molecule has 2 fully saturated rings. The zero-order chi connectivity index (χ0) is 20.1. The number of hydrogen-bond acceptors (Lipinski definition) is 5. The van der Waals surface area contributed by atoms with Crippen LogP contribution in [-0.2, 0) is 0 Å². The predicted molar refractivity (Wildman–Crippen MR) is 114 cm³/mol. The third-order valence-corrected chi connectivity index (χ3v) is 6.73. The number of carbonyl (C=O) groups is 1. The van der Waals surface area contributed by atoms with Gasteiger partial charge in [-0.05, 0) is 70.3 Å². The van der Waals surface area contributed by atoms with Crippen molar-refractivity contribution in [3.05, 3.63) is 23.8 Å². The molecule has 0 bridgehead atoms. The van der Waals surface area contributed by atoms with Crippen LogP contribution in [0.25, 0.3) is 0 Å². The van der Waals surface area contributed by atoms with Gasteiger partial charge in [0.05, 0.1) is 18.6 Å². The van der Waals surface area contributed by atoms with Gasteiger partial charge in [-0.15, -0.1) is 0 Å². The first-order chi connectivity index (χ1) is 14.2. The number of likely N-dealkylation sites (tertiary alicyclic amines) is 1. The SMILES string of the molecule is N#CB1CCC2(CC1)CC(=O)c1ccc(OCCCCN3CCCCC3)cc1O2. The first kappa shape index (κ1) is 20.3. The zero-order valence-electron chi connectivity index (χ0n) is 17.3. The Kier molecular flexibility index (Phi) is 6.45. The molecule has 29 heavy (non-hydrogen) atoms. The van der Waals surface area contributed by atoms with Crippen LogP contribution in [0.5, 0.6) is 11.5 Å². The van der Waals surface area contributed by atoms with E-state index in [9.17, 15) is 4.79 Å². The van der Waals surface area contributed by atoms with Gasteiger partial charge < -0.3 is 14.4 Å². The van der Waals surface area contributed by atoms with Crippen molar-refractivity contribution in [1.82, 2.24) is 4.90 Å². The fourth-order valence-electron chi connectivity index (χ4n) is 4.93. The molecule has 1 aromatic carbocycles. The Morgan fingerprint density at radius 3 is 2.72 bits per heavy atom. The van der Waals surface area contributed by atoms with Crippen molar-refractivity contribution in [3.8, 4) is 17.5 Å². The van der Waals surface area contributed by atoms with Gasteiger partial charge in [0, 0.05) is 12.0 Å². The van der Waals surface area contributed by atoms with Gasteiger partial charge in [-0.1, -0.05) is 19.1 Å². The maximum absolute atomic E-state index is 12.7. The Balaban J connectivity index is 1.29. The highest BCUT2D eigenvalue weighted by Gasteiger charge is 2.44. The highest BCUT2D eigenvalue weighted by atomic mass is 16.5. The van der Waals surface area contributed by atoms with Crippen molar-refractivity contribution in [2.75, 3.05) is 26.2 Å². The van der Waals surface area contributed by atoms with Crippen LogP contribution in [0, 0.1) is 11.2 Å². The fourth-order valence-corrected chi connectivity index (χ4v) is 4.93. The lowest BCUT2D eigenvalue weighted by Gasteiger charge is -2.41. The van der Waals surface area contributed by atoms with Gasteiger partial charge in [-0.25, -0.2) is 5.26 Å². The van der Waals surface area contributed by atoms with Crippen LogP contribution in [0.1, 0.15) is 61.7 Å². The number of nitriles is 1. The summed E-state index contributed by atoms with van der Waals surface area (Å²) in [5.74, 6) is 3.93. The van der Waals surface area contributed by atoms with Crippen LogP contribution in [0.4, 0.5) is 0 Å². The summed E-state index contributed by atoms with van der Waals surface area (Å²) < 4.78 is 12.3. The quantitative estimate of drug-likeness (QED) is 0.529. The van der Waals surface area contributed by atoms with Crippen molar-refractivity contribution >= 4 is 12.5 Å². The zero-order valence-corrected chi connectivity index (χ0v) is 17.3. The molecule has 0 atom stereocenters. The Labute approximate surface area is 174 Å². The largest absolute Gasteiger partial charge is 0.493 e. The summed E-state index contributed by atoms with van der Waals surface area (Å²) in [7, 11) is 0. The third kappa shape index (κ3) is 4.95. The minimum atomic E-state index is -0.426. The van der Waals surface area contributed by atoms with E-state index in [1.807, 2.05) is 18.2 Å². The van der Waals surface area contributed by atoms with E-state index in [0.717, 1.165) is 50.6 Å². The Morgan fingerprint density at radius 1 is 1.17 bits per heavy atom. The van der Waals surface area contributed by atoms with Crippen LogP contribution >= 0.6 is 0 Å². The van der Waals surface area contributed by atoms with E-state index in [1.165, 1.54) is 32.4 Å². The molecule has 154 valence electrons. The Morgan fingerprint density at radius 2 is 1.97 bits per heavy atom. The Bertz CT molecular complexity index is 762. The van der Waals surface area contributed by atoms with Crippen molar-refractivity contribution in [2.45, 2.75) is 69.6 Å². The van der Waals surface area contributed by atoms with Crippen LogP contribution in [-0.4, -0.2) is 49.2 Å². The van der Waals surface area contributed by atoms with E-state index in [1.54, 1.807) is 0 Å². The maximum Gasteiger partial charge on any atom is 0.268 e. The minimum Gasteiger partial charge on any atom is -0.493 e. The molecular formula is C23H31BN2O3. The monoisotopic (exact) mass is 394 g/mol. The van der Waals surface area contributed by atoms with Crippen molar-refractivity contribution in [2.24, 2.45) is 0 Å². The number of Topliss-reactive ketones (excluding diaryl/α,β-unsaturated/α-hetero) is 1. The minimum absolute atomic E-state index is 0.0975. The number of piperidine rings is 1. The normalized spacial score (nSPS) is 21.3. The molecule has 4 rings (SSSR count). The molecule has 0 saturated carbocycles. The number of nitrogens with zero attached hydrogens (tertiary/aromatic N) is 2. The molecule has 3 aliphatic rings. The van der Waals surface area contributed by atoms with Crippen LogP contribution in [0.3, 0.4) is 0 Å². The van der Waals surface area contributed by atoms with E-state index < -0.39 is 5.60 Å². The van der Waals surface area contributed by atoms with Crippen LogP contribution < -0.4 is 9.47 Å². The molecule has 0 amide bonds. The molecule has 0 aromatic heterocycles. The van der Waals surface area contributed by atoms with Gasteiger partial charge in [0.15, 0.2) is 5.78 Å². The standard InChI is InChI=1S/C23H31BN2O3/c25-18-24-10-8-23(9-11-24)17-21(27)20-7-6-19(16-22(20)29-23)28-15-5-4-14-26-12-2-1-3-13-26/h6-7,16H,1-5,8-15,17H2. The molecule has 6 heteroatoms. The highest BCUT2D eigenvalue weighted by molar-refractivity contribution is 6.67. The molecule has 3 heterocycles. The van der Waals surface area contributed by atoms with Gasteiger partial charge in [0.1, 0.15) is 17.1 Å². The van der Waals surface area contributed by atoms with Crippen LogP contribution in [0.2, 0.25) is 12.6 Å². The van der Waals surface area contributed by atoms with E-state index in [-0.39, 0.29) is 12.5 Å². The summed E-state index contributed by atoms with van der Waals surface area (Å²) in [5.41, 5.74) is 0.236. The summed E-state index contributed by atoms with van der Waals surface area (Å²) >= 11 is 0. The maximum atomic E-state index is 12.7. The van der Waals surface area contributed by atoms with Crippen molar-refractivity contribution < 1.29 is 14.3 Å². The fraction of sp³-hybridized carbons (Fsp3) is 0.652. The molecule has 5 nitrogen and oxygen atoms in total. The third-order valence-electron chi connectivity index (χ3n) is 6.73. The predicted octanol–water partition coefficient (Wildman–Crippen LogP) is 4.39.